The SMILES string of the molecule is CCCNc1nccc(C(=O)NN2CCOCC2)c1F. The quantitative estimate of drug-likeness (QED) is 0.844. The summed E-state index contributed by atoms with van der Waals surface area (Å²) < 4.78 is 19.4. The highest BCUT2D eigenvalue weighted by Crippen LogP contribution is 2.15. The first-order valence-corrected chi connectivity index (χ1v) is 6.74. The van der Waals surface area contributed by atoms with Gasteiger partial charge in [-0.25, -0.2) is 14.4 Å². The minimum absolute atomic E-state index is 0.00917. The molecule has 1 fully saturated rings. The maximum atomic E-state index is 14.2. The van der Waals surface area contributed by atoms with Crippen molar-refractivity contribution in [3.8, 4) is 0 Å². The number of hydrogen-bond donors (Lipinski definition) is 2. The van der Waals surface area contributed by atoms with Gasteiger partial charge in [0.05, 0.1) is 18.8 Å². The molecule has 1 aliphatic heterocycles. The van der Waals surface area contributed by atoms with Crippen LogP contribution in [0.1, 0.15) is 23.7 Å². The van der Waals surface area contributed by atoms with E-state index in [4.69, 9.17) is 4.74 Å². The lowest BCUT2D eigenvalue weighted by atomic mass is 10.2. The zero-order chi connectivity index (χ0) is 14.4. The maximum Gasteiger partial charge on any atom is 0.268 e. The lowest BCUT2D eigenvalue weighted by molar-refractivity contribution is 0.0125. The number of morpholine rings is 1. The number of hydrazine groups is 1. The molecule has 1 aromatic rings. The second-order valence-electron chi connectivity index (χ2n) is 4.49. The highest BCUT2D eigenvalue weighted by atomic mass is 19.1. The molecule has 0 radical (unpaired) electrons. The minimum Gasteiger partial charge on any atom is -0.379 e. The Morgan fingerprint density at radius 1 is 1.50 bits per heavy atom. The lowest BCUT2D eigenvalue weighted by Crippen LogP contribution is -2.48. The van der Waals surface area contributed by atoms with Crippen molar-refractivity contribution in [2.24, 2.45) is 0 Å². The van der Waals surface area contributed by atoms with E-state index in [9.17, 15) is 9.18 Å². The van der Waals surface area contributed by atoms with E-state index in [1.165, 1.54) is 12.3 Å². The van der Waals surface area contributed by atoms with Crippen LogP contribution < -0.4 is 10.7 Å². The molecule has 2 rings (SSSR count). The van der Waals surface area contributed by atoms with Gasteiger partial charge in [0, 0.05) is 25.8 Å². The lowest BCUT2D eigenvalue weighted by Gasteiger charge is -2.27. The van der Waals surface area contributed by atoms with Crippen LogP contribution in [0.15, 0.2) is 12.3 Å². The molecular weight excluding hydrogens is 263 g/mol. The molecule has 20 heavy (non-hydrogen) atoms. The Kier molecular flexibility index (Phi) is 5.25. The van der Waals surface area contributed by atoms with E-state index in [2.05, 4.69) is 15.7 Å². The van der Waals surface area contributed by atoms with Crippen LogP contribution in [0.5, 0.6) is 0 Å². The largest absolute Gasteiger partial charge is 0.379 e. The molecule has 0 atom stereocenters. The predicted octanol–water partition coefficient (Wildman–Crippen LogP) is 1.02. The third kappa shape index (κ3) is 3.64. The number of nitrogens with one attached hydrogen (secondary N) is 2. The molecular formula is C13H19FN4O2. The summed E-state index contributed by atoms with van der Waals surface area (Å²) in [6.07, 6.45) is 2.28. The molecule has 0 saturated carbocycles. The fourth-order valence-electron chi connectivity index (χ4n) is 1.86. The Balaban J connectivity index is 2.04. The fraction of sp³-hybridized carbons (Fsp3) is 0.538. The van der Waals surface area contributed by atoms with Crippen LogP contribution in [0, 0.1) is 5.82 Å². The van der Waals surface area contributed by atoms with Crippen LogP contribution in [-0.2, 0) is 4.74 Å². The standard InChI is InChI=1S/C13H19FN4O2/c1-2-4-15-12-11(14)10(3-5-16-12)13(19)17-18-6-8-20-9-7-18/h3,5H,2,4,6-9H2,1H3,(H,15,16)(H,17,19). The van der Waals surface area contributed by atoms with Gasteiger partial charge in [-0.3, -0.25) is 10.2 Å². The van der Waals surface area contributed by atoms with Crippen molar-refractivity contribution < 1.29 is 13.9 Å². The van der Waals surface area contributed by atoms with E-state index >= 15 is 0 Å². The van der Waals surface area contributed by atoms with Crippen LogP contribution in [0.2, 0.25) is 0 Å². The number of aromatic nitrogens is 1. The van der Waals surface area contributed by atoms with Crippen molar-refractivity contribution >= 4 is 11.7 Å². The Morgan fingerprint density at radius 3 is 2.95 bits per heavy atom. The zero-order valence-electron chi connectivity index (χ0n) is 11.5. The van der Waals surface area contributed by atoms with Crippen LogP contribution in [0.4, 0.5) is 10.2 Å². The Morgan fingerprint density at radius 2 is 2.25 bits per heavy atom. The Bertz CT molecular complexity index is 464. The Labute approximate surface area is 117 Å². The van der Waals surface area contributed by atoms with E-state index in [-0.39, 0.29) is 11.4 Å². The number of hydrogen-bond acceptors (Lipinski definition) is 5. The van der Waals surface area contributed by atoms with Gasteiger partial charge in [0.25, 0.3) is 5.91 Å². The first kappa shape index (κ1) is 14.7. The van der Waals surface area contributed by atoms with Crippen molar-refractivity contribution in [3.63, 3.8) is 0 Å². The maximum absolute atomic E-state index is 14.2. The molecule has 0 unspecified atom stereocenters. The van der Waals surface area contributed by atoms with Gasteiger partial charge >= 0.3 is 0 Å². The van der Waals surface area contributed by atoms with Gasteiger partial charge in [-0.1, -0.05) is 6.92 Å². The van der Waals surface area contributed by atoms with E-state index in [1.807, 2.05) is 6.92 Å². The number of ether oxygens (including phenoxy) is 1. The second kappa shape index (κ2) is 7.16. The monoisotopic (exact) mass is 282 g/mol. The number of nitrogens with zero attached hydrogens (tertiary/aromatic N) is 2. The number of anilines is 1. The van der Waals surface area contributed by atoms with Crippen LogP contribution in [0.3, 0.4) is 0 Å². The number of rotatable bonds is 5. The molecule has 0 spiro atoms. The number of pyridine rings is 1. The first-order valence-electron chi connectivity index (χ1n) is 6.74. The number of carbonyl (C=O) groups excluding carboxylic acids is 1. The third-order valence-electron chi connectivity index (χ3n) is 2.95. The average Bonchev–Trinajstić information content (AvgIpc) is 2.47. The van der Waals surface area contributed by atoms with Gasteiger partial charge in [0.15, 0.2) is 11.6 Å². The molecule has 1 amide bonds. The first-order chi connectivity index (χ1) is 9.72. The average molecular weight is 282 g/mol. The van der Waals surface area contributed by atoms with Crippen LogP contribution in [0.25, 0.3) is 0 Å². The fourth-order valence-corrected chi connectivity index (χ4v) is 1.86. The molecule has 1 saturated heterocycles. The van der Waals surface area contributed by atoms with E-state index in [0.29, 0.717) is 32.8 Å². The summed E-state index contributed by atoms with van der Waals surface area (Å²) in [7, 11) is 0. The van der Waals surface area contributed by atoms with Crippen LogP contribution in [-0.4, -0.2) is 48.7 Å². The number of amides is 1. The molecule has 2 N–H and O–H groups in total. The van der Waals surface area contributed by atoms with Crippen molar-refractivity contribution in [1.82, 2.24) is 15.4 Å². The Hall–Kier alpha value is -1.73. The van der Waals surface area contributed by atoms with Gasteiger partial charge in [0.1, 0.15) is 0 Å². The summed E-state index contributed by atoms with van der Waals surface area (Å²) in [5.41, 5.74) is 2.67. The number of carbonyl (C=O) groups is 1. The van der Waals surface area contributed by atoms with E-state index < -0.39 is 11.7 Å². The van der Waals surface area contributed by atoms with Gasteiger partial charge in [-0.15, -0.1) is 0 Å². The molecule has 1 aliphatic rings. The smallest absolute Gasteiger partial charge is 0.268 e. The van der Waals surface area contributed by atoms with E-state index in [1.54, 1.807) is 5.01 Å². The molecule has 0 aliphatic carbocycles. The molecule has 2 heterocycles. The van der Waals surface area contributed by atoms with Crippen molar-refractivity contribution in [1.29, 1.82) is 0 Å². The zero-order valence-corrected chi connectivity index (χ0v) is 11.5. The van der Waals surface area contributed by atoms with Crippen molar-refractivity contribution in [2.75, 3.05) is 38.2 Å². The number of halogens is 1. The summed E-state index contributed by atoms with van der Waals surface area (Å²) in [6.45, 7) is 4.89. The predicted molar refractivity (Wildman–Crippen MR) is 72.8 cm³/mol. The summed E-state index contributed by atoms with van der Waals surface area (Å²) in [5, 5.41) is 4.59. The highest BCUT2D eigenvalue weighted by molar-refractivity contribution is 5.94. The minimum atomic E-state index is -0.619. The van der Waals surface area contributed by atoms with Gasteiger partial charge < -0.3 is 10.1 Å². The molecule has 6 nitrogen and oxygen atoms in total. The molecule has 110 valence electrons. The molecule has 0 aromatic carbocycles. The molecule has 1 aromatic heterocycles. The summed E-state index contributed by atoms with van der Waals surface area (Å²) >= 11 is 0. The van der Waals surface area contributed by atoms with Crippen molar-refractivity contribution in [2.45, 2.75) is 13.3 Å². The molecule has 7 heteroatoms. The molecule has 0 bridgehead atoms. The summed E-state index contributed by atoms with van der Waals surface area (Å²) in [5.74, 6) is -0.973. The van der Waals surface area contributed by atoms with Crippen molar-refractivity contribution in [3.05, 3.63) is 23.6 Å². The summed E-state index contributed by atoms with van der Waals surface area (Å²) in [6, 6.07) is 1.38. The van der Waals surface area contributed by atoms with Gasteiger partial charge in [0.2, 0.25) is 0 Å². The van der Waals surface area contributed by atoms with E-state index in [0.717, 1.165) is 6.42 Å². The topological polar surface area (TPSA) is 66.5 Å². The normalized spacial score (nSPS) is 15.9. The van der Waals surface area contributed by atoms with Crippen LogP contribution >= 0.6 is 0 Å². The highest BCUT2D eigenvalue weighted by Gasteiger charge is 2.19. The second-order valence-corrected chi connectivity index (χ2v) is 4.49. The summed E-state index contributed by atoms with van der Waals surface area (Å²) in [4.78, 5) is 16.0. The third-order valence-corrected chi connectivity index (χ3v) is 2.95. The van der Waals surface area contributed by atoms with Gasteiger partial charge in [-0.2, -0.15) is 0 Å². The van der Waals surface area contributed by atoms with Gasteiger partial charge in [-0.05, 0) is 12.5 Å².